The van der Waals surface area contributed by atoms with Gasteiger partial charge in [-0.25, -0.2) is 4.79 Å². The number of carbonyl (C=O) groups is 2. The van der Waals surface area contributed by atoms with Crippen LogP contribution >= 0.6 is 0 Å². The summed E-state index contributed by atoms with van der Waals surface area (Å²) in [4.78, 5) is 24.4. The van der Waals surface area contributed by atoms with Gasteiger partial charge in [0.25, 0.3) is 0 Å². The van der Waals surface area contributed by atoms with E-state index in [4.69, 9.17) is 14.2 Å². The fourth-order valence-electron chi connectivity index (χ4n) is 4.44. The van der Waals surface area contributed by atoms with Crippen LogP contribution in [0.5, 0.6) is 0 Å². The molecule has 3 rings (SSSR count). The first-order valence-corrected chi connectivity index (χ1v) is 10.1. The summed E-state index contributed by atoms with van der Waals surface area (Å²) in [6.45, 7) is 11.6. The van der Waals surface area contributed by atoms with Crippen molar-refractivity contribution in [1.29, 1.82) is 0 Å². The summed E-state index contributed by atoms with van der Waals surface area (Å²) in [5, 5.41) is 0. The van der Waals surface area contributed by atoms with Gasteiger partial charge < -0.3 is 14.2 Å². The van der Waals surface area contributed by atoms with Crippen molar-refractivity contribution >= 4 is 11.9 Å². The second-order valence-electron chi connectivity index (χ2n) is 8.84. The number of rotatable bonds is 1. The van der Waals surface area contributed by atoms with Gasteiger partial charge in [0.15, 0.2) is 0 Å². The summed E-state index contributed by atoms with van der Waals surface area (Å²) in [5.41, 5.74) is 0.845. The van der Waals surface area contributed by atoms with Gasteiger partial charge in [0.2, 0.25) is 0 Å². The second-order valence-corrected chi connectivity index (χ2v) is 8.84. The summed E-state index contributed by atoms with van der Waals surface area (Å²) >= 11 is 0. The minimum Gasteiger partial charge on any atom is -0.458 e. The lowest BCUT2D eigenvalue weighted by Gasteiger charge is -2.35. The number of esters is 2. The Bertz CT molecular complexity index is 666. The van der Waals surface area contributed by atoms with E-state index in [1.807, 2.05) is 6.92 Å². The minimum atomic E-state index is -0.835. The molecule has 5 atom stereocenters. The van der Waals surface area contributed by atoms with Crippen LogP contribution in [0.2, 0.25) is 0 Å². The summed E-state index contributed by atoms with van der Waals surface area (Å²) < 4.78 is 17.5. The fourth-order valence-corrected chi connectivity index (χ4v) is 4.44. The van der Waals surface area contributed by atoms with E-state index in [0.717, 1.165) is 32.1 Å². The maximum Gasteiger partial charge on any atom is 0.334 e. The molecule has 0 spiro atoms. The molecule has 5 heteroatoms. The minimum absolute atomic E-state index is 0.0457. The van der Waals surface area contributed by atoms with Crippen LogP contribution in [-0.2, 0) is 23.8 Å². The molecule has 0 N–H and O–H groups in total. The first-order valence-electron chi connectivity index (χ1n) is 10.1. The number of hydrogen-bond donors (Lipinski definition) is 0. The van der Waals surface area contributed by atoms with Crippen LogP contribution in [0, 0.1) is 5.92 Å². The Kier molecular flexibility index (Phi) is 5.53. The van der Waals surface area contributed by atoms with Crippen molar-refractivity contribution in [2.45, 2.75) is 96.1 Å². The molecule has 0 radical (unpaired) electrons. The highest BCUT2D eigenvalue weighted by molar-refractivity contribution is 5.89. The largest absolute Gasteiger partial charge is 0.458 e. The summed E-state index contributed by atoms with van der Waals surface area (Å²) in [5.74, 6) is -0.673. The highest BCUT2D eigenvalue weighted by Crippen LogP contribution is 2.47. The molecule has 0 aromatic heterocycles. The van der Waals surface area contributed by atoms with Crippen LogP contribution in [0.15, 0.2) is 23.8 Å². The summed E-state index contributed by atoms with van der Waals surface area (Å²) in [6, 6.07) is 0. The Morgan fingerprint density at radius 3 is 2.70 bits per heavy atom. The van der Waals surface area contributed by atoms with Gasteiger partial charge in [-0.3, -0.25) is 4.79 Å². The standard InChI is InChI=1S/C22H32O5/c1-14-7-6-11-21(4)19(26-21)13-17-10-12-22(5,27-20(24)15(17)2)18(9-8-14)25-16(3)23/h7,17-19H,2,6,8-13H2,1,3-5H3/t17-,18-,19+,21+,22-/m1/s1. The smallest absolute Gasteiger partial charge is 0.334 e. The average Bonchev–Trinajstić information content (AvgIpc) is 3.24. The van der Waals surface area contributed by atoms with E-state index in [2.05, 4.69) is 26.5 Å². The monoisotopic (exact) mass is 376 g/mol. The number of hydrogen-bond acceptors (Lipinski definition) is 5. The normalized spacial score (nSPS) is 40.1. The predicted molar refractivity (Wildman–Crippen MR) is 102 cm³/mol. The number of fused-ring (bicyclic) bond motifs is 4. The molecule has 3 aliphatic rings. The van der Waals surface area contributed by atoms with Gasteiger partial charge >= 0.3 is 11.9 Å². The third-order valence-corrected chi connectivity index (χ3v) is 6.53. The Hall–Kier alpha value is -1.62. The van der Waals surface area contributed by atoms with Crippen molar-refractivity contribution < 1.29 is 23.8 Å². The van der Waals surface area contributed by atoms with Crippen LogP contribution in [-0.4, -0.2) is 35.3 Å². The SMILES string of the molecule is C=C1C(=O)O[C@]2(C)CC[C@@H]1C[C@@H]1O[C@@]1(C)CCC=C(C)CC[C@H]2OC(C)=O. The molecule has 2 heterocycles. The number of carbonyl (C=O) groups excluding carboxylic acids is 2. The second kappa shape index (κ2) is 7.42. The zero-order valence-electron chi connectivity index (χ0n) is 17.0. The maximum absolute atomic E-state index is 12.7. The Labute approximate surface area is 162 Å². The van der Waals surface area contributed by atoms with Gasteiger partial charge in [0, 0.05) is 12.5 Å². The molecule has 1 aliphatic carbocycles. The summed E-state index contributed by atoms with van der Waals surface area (Å²) in [7, 11) is 0. The maximum atomic E-state index is 12.7. The van der Waals surface area contributed by atoms with Crippen LogP contribution < -0.4 is 0 Å². The lowest BCUT2D eigenvalue weighted by Crippen LogP contribution is -2.45. The molecule has 0 aromatic carbocycles. The van der Waals surface area contributed by atoms with E-state index < -0.39 is 11.7 Å². The summed E-state index contributed by atoms with van der Waals surface area (Å²) in [6.07, 6.45) is 7.56. The molecule has 5 nitrogen and oxygen atoms in total. The van der Waals surface area contributed by atoms with Gasteiger partial charge in [-0.2, -0.15) is 0 Å². The Morgan fingerprint density at radius 2 is 2.00 bits per heavy atom. The van der Waals surface area contributed by atoms with Crippen LogP contribution in [0.3, 0.4) is 0 Å². The third-order valence-electron chi connectivity index (χ3n) is 6.53. The van der Waals surface area contributed by atoms with Crippen molar-refractivity contribution in [2.75, 3.05) is 0 Å². The van der Waals surface area contributed by atoms with Gasteiger partial charge in [0.05, 0.1) is 11.7 Å². The topological polar surface area (TPSA) is 65.1 Å². The number of epoxide rings is 1. The van der Waals surface area contributed by atoms with E-state index >= 15 is 0 Å². The van der Waals surface area contributed by atoms with Crippen LogP contribution in [0.25, 0.3) is 0 Å². The molecule has 0 unspecified atom stereocenters. The molecule has 2 fully saturated rings. The fraction of sp³-hybridized carbons (Fsp3) is 0.727. The van der Waals surface area contributed by atoms with Gasteiger partial charge in [-0.15, -0.1) is 0 Å². The molecule has 2 saturated heterocycles. The van der Waals surface area contributed by atoms with E-state index in [-0.39, 0.29) is 29.6 Å². The van der Waals surface area contributed by atoms with Crippen molar-refractivity contribution in [1.82, 2.24) is 0 Å². The average molecular weight is 376 g/mol. The zero-order valence-corrected chi connectivity index (χ0v) is 17.0. The van der Waals surface area contributed by atoms with Gasteiger partial charge in [-0.05, 0) is 71.6 Å². The van der Waals surface area contributed by atoms with Crippen molar-refractivity contribution in [3.63, 3.8) is 0 Å². The molecular formula is C22H32O5. The molecule has 2 bridgehead atoms. The quantitative estimate of drug-likeness (QED) is 0.296. The zero-order chi connectivity index (χ0) is 19.8. The predicted octanol–water partition coefficient (Wildman–Crippen LogP) is 4.25. The molecule has 0 saturated carbocycles. The number of ether oxygens (including phenoxy) is 3. The highest BCUT2D eigenvalue weighted by atomic mass is 16.6. The first-order chi connectivity index (χ1) is 12.6. The van der Waals surface area contributed by atoms with E-state index in [1.165, 1.54) is 12.5 Å². The molecular weight excluding hydrogens is 344 g/mol. The van der Waals surface area contributed by atoms with Gasteiger partial charge in [-0.1, -0.05) is 18.2 Å². The third kappa shape index (κ3) is 4.45. The molecule has 27 heavy (non-hydrogen) atoms. The molecule has 150 valence electrons. The highest BCUT2D eigenvalue weighted by Gasteiger charge is 2.53. The van der Waals surface area contributed by atoms with E-state index in [9.17, 15) is 9.59 Å². The first kappa shape index (κ1) is 20.1. The Balaban J connectivity index is 1.90. The van der Waals surface area contributed by atoms with E-state index in [1.54, 1.807) is 0 Å². The van der Waals surface area contributed by atoms with Gasteiger partial charge in [0.1, 0.15) is 11.7 Å². The molecule has 0 amide bonds. The van der Waals surface area contributed by atoms with Crippen molar-refractivity contribution in [2.24, 2.45) is 5.92 Å². The van der Waals surface area contributed by atoms with E-state index in [0.29, 0.717) is 18.4 Å². The molecule has 2 aliphatic heterocycles. The van der Waals surface area contributed by atoms with Crippen LogP contribution in [0.1, 0.15) is 72.6 Å². The van der Waals surface area contributed by atoms with Crippen LogP contribution in [0.4, 0.5) is 0 Å². The lowest BCUT2D eigenvalue weighted by molar-refractivity contribution is -0.180. The Morgan fingerprint density at radius 1 is 1.26 bits per heavy atom. The lowest BCUT2D eigenvalue weighted by atomic mass is 9.82. The van der Waals surface area contributed by atoms with Crippen molar-refractivity contribution in [3.05, 3.63) is 23.8 Å². The molecule has 0 aromatic rings. The van der Waals surface area contributed by atoms with Crippen molar-refractivity contribution in [3.8, 4) is 0 Å². The number of allylic oxidation sites excluding steroid dienone is 2.